The summed E-state index contributed by atoms with van der Waals surface area (Å²) >= 11 is 0. The molecule has 2 aromatic heterocycles. The molecule has 4 heterocycles. The Morgan fingerprint density at radius 3 is 1.37 bits per heavy atom. The average molecular weight is 967 g/mol. The number of methoxy groups -OCH3 is 4. The van der Waals surface area contributed by atoms with Crippen LogP contribution in [0.2, 0.25) is 0 Å². The third-order valence-corrected chi connectivity index (χ3v) is 14.6. The van der Waals surface area contributed by atoms with E-state index >= 15 is 0 Å². The van der Waals surface area contributed by atoms with Gasteiger partial charge < -0.3 is 58.8 Å². The van der Waals surface area contributed by atoms with E-state index in [0.717, 1.165) is 124 Å². The van der Waals surface area contributed by atoms with Crippen LogP contribution in [-0.2, 0) is 28.5 Å². The molecule has 0 unspecified atom stereocenters. The van der Waals surface area contributed by atoms with Crippen molar-refractivity contribution in [3.8, 4) is 45.1 Å². The molecule has 0 bridgehead atoms. The number of H-pyrrole nitrogens is 2. The first-order valence-corrected chi connectivity index (χ1v) is 25.1. The van der Waals surface area contributed by atoms with Crippen LogP contribution in [0, 0.1) is 11.8 Å². The molecule has 4 fully saturated rings. The van der Waals surface area contributed by atoms with E-state index in [9.17, 15) is 19.2 Å². The summed E-state index contributed by atoms with van der Waals surface area (Å²) in [5.41, 5.74) is 4.82. The third-order valence-electron chi connectivity index (χ3n) is 14.6. The van der Waals surface area contributed by atoms with Gasteiger partial charge in [-0.2, -0.15) is 0 Å². The van der Waals surface area contributed by atoms with E-state index in [0.29, 0.717) is 62.7 Å². The maximum atomic E-state index is 14.2. The van der Waals surface area contributed by atoms with Crippen molar-refractivity contribution < 1.29 is 47.6 Å². The Kier molecular flexibility index (Phi) is 17.3. The fourth-order valence-corrected chi connectivity index (χ4v) is 10.9. The number of nitrogens with zero attached hydrogens (tertiary/aromatic N) is 4. The van der Waals surface area contributed by atoms with Crippen molar-refractivity contribution in [1.82, 2.24) is 40.4 Å². The molecule has 8 rings (SSSR count). The number of likely N-dealkylation sites (tertiary alicyclic amines) is 2. The van der Waals surface area contributed by atoms with Crippen molar-refractivity contribution in [2.24, 2.45) is 11.8 Å². The highest BCUT2D eigenvalue weighted by Gasteiger charge is 2.41. The van der Waals surface area contributed by atoms with Crippen molar-refractivity contribution in [1.29, 1.82) is 0 Å². The maximum absolute atomic E-state index is 14.2. The zero-order valence-electron chi connectivity index (χ0n) is 41.1. The molecule has 2 saturated carbocycles. The van der Waals surface area contributed by atoms with Gasteiger partial charge in [0.15, 0.2) is 0 Å². The molecule has 2 aliphatic heterocycles. The number of hydrogen-bond donors (Lipinski definition) is 4. The highest BCUT2D eigenvalue weighted by Crippen LogP contribution is 2.42. The van der Waals surface area contributed by atoms with Crippen LogP contribution in [0.4, 0.5) is 9.59 Å². The lowest BCUT2D eigenvalue weighted by Gasteiger charge is -2.34. The molecule has 4 N–H and O–H groups in total. The number of aromatic nitrogens is 4. The zero-order chi connectivity index (χ0) is 49.0. The van der Waals surface area contributed by atoms with Gasteiger partial charge in [0, 0.05) is 49.6 Å². The van der Waals surface area contributed by atoms with E-state index < -0.39 is 24.3 Å². The van der Waals surface area contributed by atoms with Gasteiger partial charge in [0.25, 0.3) is 0 Å². The van der Waals surface area contributed by atoms with Gasteiger partial charge in [-0.1, -0.05) is 50.7 Å². The molecule has 4 amide bonds. The summed E-state index contributed by atoms with van der Waals surface area (Å²) in [5.74, 6) is 2.51. The van der Waals surface area contributed by atoms with Crippen molar-refractivity contribution in [2.45, 2.75) is 114 Å². The molecule has 0 spiro atoms. The normalized spacial score (nSPS) is 19.7. The lowest BCUT2D eigenvalue weighted by molar-refractivity contribution is -0.136. The first kappa shape index (κ1) is 50.3. The van der Waals surface area contributed by atoms with E-state index in [1.165, 1.54) is 14.2 Å². The van der Waals surface area contributed by atoms with Crippen LogP contribution in [0.3, 0.4) is 0 Å². The summed E-state index contributed by atoms with van der Waals surface area (Å²) in [4.78, 5) is 73.8. The lowest BCUT2D eigenvalue weighted by Crippen LogP contribution is -2.52. The second-order valence-corrected chi connectivity index (χ2v) is 18.9. The van der Waals surface area contributed by atoms with Gasteiger partial charge in [0.2, 0.25) is 11.8 Å². The number of alkyl carbamates (subject to hydrolysis) is 2. The average Bonchev–Trinajstić information content (AvgIpc) is 4.26. The molecule has 70 heavy (non-hydrogen) atoms. The number of rotatable bonds is 19. The summed E-state index contributed by atoms with van der Waals surface area (Å²) in [6, 6.07) is 10.1. The fraction of sp³-hybridized carbons (Fsp3) is 0.577. The first-order chi connectivity index (χ1) is 34.2. The number of aromatic amines is 2. The minimum Gasteiger partial charge on any atom is -0.491 e. The molecule has 0 radical (unpaired) electrons. The van der Waals surface area contributed by atoms with Crippen LogP contribution in [0.1, 0.15) is 114 Å². The molecule has 4 aliphatic rings. The standard InChI is InChI=1S/C52H70N8O10/c1-65-25-27-69-43-29-35(39-31-53-47(55-39)41-17-11-23-59(41)49(61)45(57-51(63)67-3)33-13-7-5-8-14-33)19-21-37(43)38-22-20-36(30-44(38)70-28-26-66-2)40-32-54-48(56-40)42-18-12-24-60(42)50(62)46(58-52(64)68-4)34-15-9-6-10-16-34/h19-22,29-34,41-42,45-46H,5-18,23-28H2,1-4H3,(H,53,55)(H,54,56)(H,57,63)(H,58,64)/t41-,42-,45-,46-/m0/s1. The Morgan fingerprint density at radius 1 is 0.571 bits per heavy atom. The monoisotopic (exact) mass is 967 g/mol. The molecule has 4 atom stereocenters. The number of carbonyl (C=O) groups is 4. The van der Waals surface area contributed by atoms with Gasteiger partial charge in [-0.3, -0.25) is 9.59 Å². The van der Waals surface area contributed by atoms with Crippen LogP contribution in [0.15, 0.2) is 48.8 Å². The van der Waals surface area contributed by atoms with Crippen molar-refractivity contribution in [3.63, 3.8) is 0 Å². The minimum absolute atomic E-state index is 0.0552. The van der Waals surface area contributed by atoms with Crippen molar-refractivity contribution >= 4 is 24.0 Å². The predicted octanol–water partition coefficient (Wildman–Crippen LogP) is 8.12. The lowest BCUT2D eigenvalue weighted by atomic mass is 9.83. The summed E-state index contributed by atoms with van der Waals surface area (Å²) in [7, 11) is 5.91. The topological polar surface area (TPSA) is 212 Å². The van der Waals surface area contributed by atoms with Gasteiger partial charge in [0.1, 0.15) is 48.4 Å². The smallest absolute Gasteiger partial charge is 0.407 e. The minimum atomic E-state index is -0.653. The van der Waals surface area contributed by atoms with E-state index in [1.807, 2.05) is 46.2 Å². The van der Waals surface area contributed by atoms with Crippen LogP contribution in [-0.4, -0.2) is 134 Å². The zero-order valence-corrected chi connectivity index (χ0v) is 41.1. The Bertz CT molecular complexity index is 2230. The molecular formula is C52H70N8O10. The second kappa shape index (κ2) is 24.1. The van der Waals surface area contributed by atoms with Gasteiger partial charge in [-0.15, -0.1) is 0 Å². The number of nitrogens with one attached hydrogen (secondary N) is 4. The fourth-order valence-electron chi connectivity index (χ4n) is 10.9. The predicted molar refractivity (Wildman–Crippen MR) is 261 cm³/mol. The quantitative estimate of drug-likeness (QED) is 0.0657. The molecule has 378 valence electrons. The van der Waals surface area contributed by atoms with Crippen molar-refractivity contribution in [2.75, 3.05) is 68.0 Å². The molecule has 18 heteroatoms. The Labute approximate surface area is 410 Å². The Hall–Kier alpha value is -6.14. The molecule has 2 aliphatic carbocycles. The highest BCUT2D eigenvalue weighted by atomic mass is 16.5. The van der Waals surface area contributed by atoms with E-state index in [4.69, 9.17) is 38.4 Å². The van der Waals surface area contributed by atoms with Crippen molar-refractivity contribution in [3.05, 3.63) is 60.4 Å². The number of benzene rings is 2. The first-order valence-electron chi connectivity index (χ1n) is 25.1. The Balaban J connectivity index is 1.04. The van der Waals surface area contributed by atoms with Crippen LogP contribution in [0.25, 0.3) is 33.6 Å². The summed E-state index contributed by atoms with van der Waals surface area (Å²) in [5, 5.41) is 5.75. The molecule has 18 nitrogen and oxygen atoms in total. The number of amides is 4. The van der Waals surface area contributed by atoms with Crippen LogP contribution in [0.5, 0.6) is 11.5 Å². The largest absolute Gasteiger partial charge is 0.491 e. The number of ether oxygens (including phenoxy) is 6. The number of imidazole rings is 2. The molecular weight excluding hydrogens is 897 g/mol. The second-order valence-electron chi connectivity index (χ2n) is 18.9. The maximum Gasteiger partial charge on any atom is 0.407 e. The number of hydrogen-bond acceptors (Lipinski definition) is 12. The van der Waals surface area contributed by atoms with Crippen LogP contribution >= 0.6 is 0 Å². The van der Waals surface area contributed by atoms with Gasteiger partial charge >= 0.3 is 12.2 Å². The van der Waals surface area contributed by atoms with Crippen LogP contribution < -0.4 is 20.1 Å². The van der Waals surface area contributed by atoms with Gasteiger partial charge in [-0.25, -0.2) is 19.6 Å². The number of carbonyl (C=O) groups excluding carboxylic acids is 4. The van der Waals surface area contributed by atoms with Gasteiger partial charge in [-0.05, 0) is 87.5 Å². The molecule has 4 aromatic rings. The van der Waals surface area contributed by atoms with E-state index in [1.54, 1.807) is 26.6 Å². The highest BCUT2D eigenvalue weighted by molar-refractivity contribution is 5.88. The van der Waals surface area contributed by atoms with E-state index in [-0.39, 0.29) is 35.7 Å². The third kappa shape index (κ3) is 11.7. The van der Waals surface area contributed by atoms with Gasteiger partial charge in [0.05, 0.1) is 63.3 Å². The summed E-state index contributed by atoms with van der Waals surface area (Å²) in [6.45, 7) is 2.51. The Morgan fingerprint density at radius 2 is 0.986 bits per heavy atom. The summed E-state index contributed by atoms with van der Waals surface area (Å²) in [6.07, 6.45) is 15.5. The van der Waals surface area contributed by atoms with E-state index in [2.05, 4.69) is 20.6 Å². The SMILES string of the molecule is COCCOc1cc(-c2cnc([C@@H]3CCCN3C(=O)[C@@H](NC(=O)OC)C3CCCCC3)[nH]2)ccc1-c1ccc(-c2cnc([C@@H]3CCCN3C(=O)[C@@H](NC(=O)OC)C3CCCCC3)[nH]2)cc1OCCOC. The molecule has 2 aromatic carbocycles. The molecule has 2 saturated heterocycles. The summed E-state index contributed by atoms with van der Waals surface area (Å²) < 4.78 is 33.5.